The second-order valence-corrected chi connectivity index (χ2v) is 7.81. The van der Waals surface area contributed by atoms with Crippen molar-refractivity contribution in [3.63, 3.8) is 0 Å². The largest absolute Gasteiger partial charge is 0.380 e. The summed E-state index contributed by atoms with van der Waals surface area (Å²) in [6, 6.07) is 10.6. The Bertz CT molecular complexity index is 588. The van der Waals surface area contributed by atoms with E-state index >= 15 is 0 Å². The van der Waals surface area contributed by atoms with Crippen LogP contribution in [0.25, 0.3) is 0 Å². The van der Waals surface area contributed by atoms with Crippen LogP contribution in [0.15, 0.2) is 30.3 Å². The van der Waals surface area contributed by atoms with Gasteiger partial charge in [-0.1, -0.05) is 30.3 Å². The third-order valence-corrected chi connectivity index (χ3v) is 5.91. The summed E-state index contributed by atoms with van der Waals surface area (Å²) in [6.45, 7) is 7.22. The number of hydrogen-bond donors (Lipinski definition) is 0. The minimum absolute atomic E-state index is 0.0556. The number of carbonyl (C=O) groups excluding carboxylic acids is 1. The molecular formula is C20H28N2O3. The molecule has 3 aliphatic rings. The average Bonchev–Trinajstić information content (AvgIpc) is 3.31. The van der Waals surface area contributed by atoms with Crippen LogP contribution in [0.5, 0.6) is 0 Å². The van der Waals surface area contributed by atoms with Crippen molar-refractivity contribution < 1.29 is 14.3 Å². The Morgan fingerprint density at radius 1 is 1.24 bits per heavy atom. The Morgan fingerprint density at radius 3 is 2.84 bits per heavy atom. The van der Waals surface area contributed by atoms with E-state index in [4.69, 9.17) is 9.47 Å². The van der Waals surface area contributed by atoms with Crippen molar-refractivity contribution in [1.82, 2.24) is 9.80 Å². The molecule has 0 radical (unpaired) electrons. The van der Waals surface area contributed by atoms with Gasteiger partial charge in [-0.3, -0.25) is 9.69 Å². The van der Waals surface area contributed by atoms with E-state index in [-0.39, 0.29) is 17.9 Å². The summed E-state index contributed by atoms with van der Waals surface area (Å²) in [5.74, 6) is 0.654. The van der Waals surface area contributed by atoms with E-state index in [2.05, 4.69) is 35.2 Å². The van der Waals surface area contributed by atoms with Gasteiger partial charge in [-0.05, 0) is 18.4 Å². The molecule has 0 N–H and O–H groups in total. The van der Waals surface area contributed by atoms with Gasteiger partial charge < -0.3 is 14.4 Å². The van der Waals surface area contributed by atoms with Crippen LogP contribution in [-0.2, 0) is 20.8 Å². The van der Waals surface area contributed by atoms with Gasteiger partial charge in [0.25, 0.3) is 0 Å². The van der Waals surface area contributed by atoms with E-state index in [0.717, 1.165) is 58.8 Å². The highest BCUT2D eigenvalue weighted by molar-refractivity contribution is 5.77. The van der Waals surface area contributed by atoms with Gasteiger partial charge in [-0.25, -0.2) is 0 Å². The monoisotopic (exact) mass is 344 g/mol. The summed E-state index contributed by atoms with van der Waals surface area (Å²) in [6.07, 6.45) is 2.25. The van der Waals surface area contributed by atoms with Gasteiger partial charge in [-0.15, -0.1) is 0 Å². The predicted octanol–water partition coefficient (Wildman–Crippen LogP) is 1.77. The lowest BCUT2D eigenvalue weighted by atomic mass is 9.82. The standard InChI is InChI=1S/C20H28N2O3/c23-19(22-8-4-5-9-22)13-25-16-20-14-21(11-18(20)12-24-15-20)10-17-6-2-1-3-7-17/h1-3,6-7,18H,4-5,8-16H2/t18-,20+/m0/s1. The fraction of sp³-hybridized carbons (Fsp3) is 0.650. The van der Waals surface area contributed by atoms with Crippen molar-refractivity contribution >= 4 is 5.91 Å². The Hall–Kier alpha value is -1.43. The topological polar surface area (TPSA) is 42.0 Å². The molecule has 4 rings (SSSR count). The molecule has 136 valence electrons. The SMILES string of the molecule is O=C(COC[C@@]12COC[C@@H]1CN(Cc1ccccc1)C2)N1CCCC1. The Kier molecular flexibility index (Phi) is 5.06. The minimum Gasteiger partial charge on any atom is -0.380 e. The number of amides is 1. The molecule has 3 saturated heterocycles. The molecule has 3 aliphatic heterocycles. The Labute approximate surface area is 149 Å². The zero-order valence-electron chi connectivity index (χ0n) is 14.9. The van der Waals surface area contributed by atoms with Crippen LogP contribution < -0.4 is 0 Å². The first-order valence-corrected chi connectivity index (χ1v) is 9.45. The smallest absolute Gasteiger partial charge is 0.248 e. The molecule has 0 aromatic heterocycles. The summed E-state index contributed by atoms with van der Waals surface area (Å²) < 4.78 is 11.7. The third-order valence-electron chi connectivity index (χ3n) is 5.91. The minimum atomic E-state index is 0.0556. The lowest BCUT2D eigenvalue weighted by Crippen LogP contribution is -2.38. The van der Waals surface area contributed by atoms with Gasteiger partial charge >= 0.3 is 0 Å². The maximum atomic E-state index is 12.2. The fourth-order valence-electron chi connectivity index (χ4n) is 4.51. The predicted molar refractivity (Wildman–Crippen MR) is 95.1 cm³/mol. The van der Waals surface area contributed by atoms with Gasteiger partial charge in [0, 0.05) is 44.1 Å². The first-order valence-electron chi connectivity index (χ1n) is 9.45. The van der Waals surface area contributed by atoms with E-state index in [1.54, 1.807) is 0 Å². The van der Waals surface area contributed by atoms with Gasteiger partial charge in [-0.2, -0.15) is 0 Å². The Balaban J connectivity index is 1.31. The second kappa shape index (κ2) is 7.44. The fourth-order valence-corrected chi connectivity index (χ4v) is 4.51. The highest BCUT2D eigenvalue weighted by atomic mass is 16.5. The van der Waals surface area contributed by atoms with Crippen molar-refractivity contribution in [1.29, 1.82) is 0 Å². The second-order valence-electron chi connectivity index (χ2n) is 7.81. The summed E-state index contributed by atoms with van der Waals surface area (Å²) in [7, 11) is 0. The molecule has 0 unspecified atom stereocenters. The van der Waals surface area contributed by atoms with Crippen LogP contribution in [0, 0.1) is 11.3 Å². The average molecular weight is 344 g/mol. The van der Waals surface area contributed by atoms with Crippen LogP contribution in [0.4, 0.5) is 0 Å². The maximum absolute atomic E-state index is 12.2. The molecule has 1 amide bonds. The van der Waals surface area contributed by atoms with Crippen molar-refractivity contribution in [3.05, 3.63) is 35.9 Å². The summed E-state index contributed by atoms with van der Waals surface area (Å²) in [4.78, 5) is 16.6. The number of hydrogen-bond acceptors (Lipinski definition) is 4. The molecule has 3 fully saturated rings. The molecule has 25 heavy (non-hydrogen) atoms. The number of likely N-dealkylation sites (tertiary alicyclic amines) is 2. The molecule has 0 saturated carbocycles. The summed E-state index contributed by atoms with van der Waals surface area (Å²) in [5.41, 5.74) is 1.41. The van der Waals surface area contributed by atoms with Gasteiger partial charge in [0.1, 0.15) is 6.61 Å². The zero-order chi connectivity index (χ0) is 17.1. The number of nitrogens with zero attached hydrogens (tertiary/aromatic N) is 2. The molecule has 5 nitrogen and oxygen atoms in total. The van der Waals surface area contributed by atoms with E-state index in [0.29, 0.717) is 12.5 Å². The zero-order valence-corrected chi connectivity index (χ0v) is 14.9. The number of carbonyl (C=O) groups is 1. The molecule has 2 atom stereocenters. The highest BCUT2D eigenvalue weighted by Crippen LogP contribution is 2.42. The van der Waals surface area contributed by atoms with Crippen LogP contribution in [0.1, 0.15) is 18.4 Å². The molecule has 1 aromatic rings. The lowest BCUT2D eigenvalue weighted by Gasteiger charge is -2.27. The first-order chi connectivity index (χ1) is 12.3. The summed E-state index contributed by atoms with van der Waals surface area (Å²) in [5, 5.41) is 0. The van der Waals surface area contributed by atoms with Crippen LogP contribution >= 0.6 is 0 Å². The van der Waals surface area contributed by atoms with E-state index in [9.17, 15) is 4.79 Å². The van der Waals surface area contributed by atoms with E-state index in [1.165, 1.54) is 5.56 Å². The van der Waals surface area contributed by atoms with Gasteiger partial charge in [0.05, 0.1) is 19.8 Å². The third kappa shape index (κ3) is 3.73. The molecular weight excluding hydrogens is 316 g/mol. The first kappa shape index (κ1) is 17.0. The number of benzene rings is 1. The van der Waals surface area contributed by atoms with Crippen LogP contribution in [-0.4, -0.2) is 68.3 Å². The molecule has 5 heteroatoms. The highest BCUT2D eigenvalue weighted by Gasteiger charge is 2.50. The van der Waals surface area contributed by atoms with Crippen molar-refractivity contribution in [2.75, 3.05) is 52.6 Å². The molecule has 0 aliphatic carbocycles. The van der Waals surface area contributed by atoms with Crippen LogP contribution in [0.3, 0.4) is 0 Å². The normalized spacial score (nSPS) is 29.3. The molecule has 0 bridgehead atoms. The number of rotatable bonds is 6. The van der Waals surface area contributed by atoms with Gasteiger partial charge in [0.15, 0.2) is 0 Å². The van der Waals surface area contributed by atoms with Crippen molar-refractivity contribution in [2.24, 2.45) is 11.3 Å². The molecule has 3 heterocycles. The van der Waals surface area contributed by atoms with Crippen molar-refractivity contribution in [2.45, 2.75) is 19.4 Å². The number of fused-ring (bicyclic) bond motifs is 1. The molecule has 1 aromatic carbocycles. The number of ether oxygens (including phenoxy) is 2. The van der Waals surface area contributed by atoms with Crippen LogP contribution in [0.2, 0.25) is 0 Å². The lowest BCUT2D eigenvalue weighted by molar-refractivity contribution is -0.136. The summed E-state index contributed by atoms with van der Waals surface area (Å²) >= 11 is 0. The van der Waals surface area contributed by atoms with Gasteiger partial charge in [0.2, 0.25) is 5.91 Å². The molecule has 0 spiro atoms. The quantitative estimate of drug-likeness (QED) is 0.789. The maximum Gasteiger partial charge on any atom is 0.248 e. The van der Waals surface area contributed by atoms with E-state index < -0.39 is 0 Å². The Morgan fingerprint density at radius 2 is 2.04 bits per heavy atom. The van der Waals surface area contributed by atoms with E-state index in [1.807, 2.05) is 4.90 Å². The van der Waals surface area contributed by atoms with Crippen molar-refractivity contribution in [3.8, 4) is 0 Å².